The monoisotopic (exact) mass is 344 g/mol. The van der Waals surface area contributed by atoms with Gasteiger partial charge in [0.2, 0.25) is 0 Å². The predicted molar refractivity (Wildman–Crippen MR) is 100 cm³/mol. The van der Waals surface area contributed by atoms with Crippen LogP contribution in [0.5, 0.6) is 0 Å². The fraction of sp³-hybridized carbons (Fsp3) is 0.900. The fourth-order valence-electron chi connectivity index (χ4n) is 2.26. The maximum atomic E-state index is 11.3. The number of carboxylic acids is 1. The van der Waals surface area contributed by atoms with Crippen molar-refractivity contribution in [2.45, 2.75) is 117 Å². The third-order valence-electron chi connectivity index (χ3n) is 3.65. The number of rotatable bonds is 14. The smallest absolute Gasteiger partial charge is 0.306 e. The number of ether oxygens (including phenoxy) is 1. The summed E-state index contributed by atoms with van der Waals surface area (Å²) >= 11 is 0. The number of esters is 1. The van der Waals surface area contributed by atoms with Crippen molar-refractivity contribution in [3.05, 3.63) is 0 Å². The van der Waals surface area contributed by atoms with Crippen LogP contribution in [0.15, 0.2) is 0 Å². The van der Waals surface area contributed by atoms with E-state index in [0.29, 0.717) is 6.42 Å². The molecule has 0 saturated heterocycles. The molecule has 0 aliphatic heterocycles. The van der Waals surface area contributed by atoms with Gasteiger partial charge in [0.1, 0.15) is 0 Å². The lowest BCUT2D eigenvalue weighted by Gasteiger charge is -2.07. The summed E-state index contributed by atoms with van der Waals surface area (Å²) in [5.41, 5.74) is 0. The molecule has 0 aliphatic carbocycles. The zero-order valence-corrected chi connectivity index (χ0v) is 16.4. The van der Waals surface area contributed by atoms with E-state index >= 15 is 0 Å². The third kappa shape index (κ3) is 25.9. The molecular weight excluding hydrogens is 304 g/mol. The zero-order chi connectivity index (χ0) is 18.6. The molecule has 0 saturated carbocycles. The molecule has 0 aromatic rings. The van der Waals surface area contributed by atoms with Gasteiger partial charge in [0.05, 0.1) is 6.10 Å². The van der Waals surface area contributed by atoms with Crippen molar-refractivity contribution in [1.29, 1.82) is 0 Å². The molecule has 0 spiro atoms. The van der Waals surface area contributed by atoms with Gasteiger partial charge in [-0.2, -0.15) is 0 Å². The van der Waals surface area contributed by atoms with Gasteiger partial charge >= 0.3 is 11.9 Å². The summed E-state index contributed by atoms with van der Waals surface area (Å²) in [6.07, 6.45) is 15.3. The second-order valence-corrected chi connectivity index (χ2v) is 6.57. The predicted octanol–water partition coefficient (Wildman–Crippen LogP) is 6.12. The Balaban J connectivity index is 0. The van der Waals surface area contributed by atoms with Crippen LogP contribution in [-0.2, 0) is 14.3 Å². The van der Waals surface area contributed by atoms with E-state index < -0.39 is 5.97 Å². The first kappa shape index (κ1) is 25.2. The molecule has 4 heteroatoms. The number of unbranched alkanes of at least 4 members (excludes halogenated alkanes) is 10. The van der Waals surface area contributed by atoms with Crippen LogP contribution in [0.4, 0.5) is 0 Å². The second-order valence-electron chi connectivity index (χ2n) is 6.57. The highest BCUT2D eigenvalue weighted by Gasteiger charge is 2.04. The van der Waals surface area contributed by atoms with Gasteiger partial charge in [0.25, 0.3) is 0 Å². The molecule has 0 atom stereocenters. The lowest BCUT2D eigenvalue weighted by molar-refractivity contribution is -0.147. The van der Waals surface area contributed by atoms with Gasteiger partial charge in [-0.1, -0.05) is 78.1 Å². The van der Waals surface area contributed by atoms with Crippen LogP contribution >= 0.6 is 0 Å². The first-order valence-electron chi connectivity index (χ1n) is 9.85. The normalized spacial score (nSPS) is 10.2. The molecule has 0 aromatic heterocycles. The largest absolute Gasteiger partial charge is 0.481 e. The first-order chi connectivity index (χ1) is 11.4. The molecule has 24 heavy (non-hydrogen) atoms. The van der Waals surface area contributed by atoms with Crippen molar-refractivity contribution >= 4 is 11.9 Å². The highest BCUT2D eigenvalue weighted by atomic mass is 16.5. The summed E-state index contributed by atoms with van der Waals surface area (Å²) in [7, 11) is 0. The van der Waals surface area contributed by atoms with Crippen molar-refractivity contribution in [1.82, 2.24) is 0 Å². The third-order valence-corrected chi connectivity index (χ3v) is 3.65. The van der Waals surface area contributed by atoms with Gasteiger partial charge in [0, 0.05) is 12.8 Å². The fourth-order valence-corrected chi connectivity index (χ4v) is 2.26. The molecular formula is C20H40O4. The Morgan fingerprint density at radius 1 is 0.792 bits per heavy atom. The lowest BCUT2D eigenvalue weighted by Crippen LogP contribution is -2.10. The molecule has 144 valence electrons. The van der Waals surface area contributed by atoms with Crippen molar-refractivity contribution in [2.75, 3.05) is 0 Å². The number of carbonyl (C=O) groups is 2. The van der Waals surface area contributed by atoms with Crippen LogP contribution in [0.3, 0.4) is 0 Å². The van der Waals surface area contributed by atoms with E-state index in [1.807, 2.05) is 13.8 Å². The summed E-state index contributed by atoms with van der Waals surface area (Å²) in [4.78, 5) is 20.7. The Morgan fingerprint density at radius 3 is 1.50 bits per heavy atom. The summed E-state index contributed by atoms with van der Waals surface area (Å²) in [5.74, 6) is -0.782. The number of hydrogen-bond donors (Lipinski definition) is 1. The maximum absolute atomic E-state index is 11.3. The van der Waals surface area contributed by atoms with Crippen LogP contribution in [0.1, 0.15) is 111 Å². The molecule has 0 rings (SSSR count). The van der Waals surface area contributed by atoms with Crippen LogP contribution in [0.25, 0.3) is 0 Å². The van der Waals surface area contributed by atoms with Gasteiger partial charge in [-0.3, -0.25) is 9.59 Å². The van der Waals surface area contributed by atoms with Crippen molar-refractivity contribution in [2.24, 2.45) is 0 Å². The van der Waals surface area contributed by atoms with Crippen molar-refractivity contribution in [3.63, 3.8) is 0 Å². The van der Waals surface area contributed by atoms with Gasteiger partial charge in [-0.05, 0) is 20.3 Å². The molecule has 0 fully saturated rings. The maximum Gasteiger partial charge on any atom is 0.306 e. The summed E-state index contributed by atoms with van der Waals surface area (Å²) in [6, 6.07) is 0. The lowest BCUT2D eigenvalue weighted by atomic mass is 10.1. The Kier molecular flexibility index (Phi) is 21.0. The van der Waals surface area contributed by atoms with Gasteiger partial charge in [0.15, 0.2) is 0 Å². The zero-order valence-electron chi connectivity index (χ0n) is 16.4. The molecule has 0 heterocycles. The van der Waals surface area contributed by atoms with E-state index in [4.69, 9.17) is 9.84 Å². The first-order valence-corrected chi connectivity index (χ1v) is 9.85. The highest BCUT2D eigenvalue weighted by molar-refractivity contribution is 5.69. The van der Waals surface area contributed by atoms with E-state index in [2.05, 4.69) is 6.92 Å². The minimum absolute atomic E-state index is 0.0280. The molecule has 1 N–H and O–H groups in total. The van der Waals surface area contributed by atoms with Gasteiger partial charge < -0.3 is 9.84 Å². The molecule has 0 amide bonds. The van der Waals surface area contributed by atoms with Crippen LogP contribution in [0.2, 0.25) is 0 Å². The summed E-state index contributed by atoms with van der Waals surface area (Å²) in [6.45, 7) is 7.66. The Morgan fingerprint density at radius 2 is 1.17 bits per heavy atom. The molecule has 0 radical (unpaired) electrons. The van der Waals surface area contributed by atoms with E-state index in [0.717, 1.165) is 6.42 Å². The molecule has 0 aromatic carbocycles. The number of hydrogen-bond acceptors (Lipinski definition) is 3. The number of carboxylic acid groups (broad SMARTS) is 1. The highest BCUT2D eigenvalue weighted by Crippen LogP contribution is 2.12. The van der Waals surface area contributed by atoms with Crippen molar-refractivity contribution in [3.8, 4) is 0 Å². The Labute approximate surface area is 149 Å². The topological polar surface area (TPSA) is 63.6 Å². The van der Waals surface area contributed by atoms with Gasteiger partial charge in [-0.15, -0.1) is 0 Å². The van der Waals surface area contributed by atoms with Crippen molar-refractivity contribution < 1.29 is 19.4 Å². The molecule has 0 aliphatic rings. The second kappa shape index (κ2) is 20.0. The Hall–Kier alpha value is -1.06. The average molecular weight is 345 g/mol. The molecule has 0 unspecified atom stereocenters. The van der Waals surface area contributed by atoms with Crippen LogP contribution in [0, 0.1) is 0 Å². The quantitative estimate of drug-likeness (QED) is 0.304. The molecule has 4 nitrogen and oxygen atoms in total. The number of carbonyl (C=O) groups excluding carboxylic acids is 1. The van der Waals surface area contributed by atoms with E-state index in [-0.39, 0.29) is 18.5 Å². The summed E-state index contributed by atoms with van der Waals surface area (Å²) in [5, 5.41) is 7.72. The van der Waals surface area contributed by atoms with E-state index in [1.54, 1.807) is 6.92 Å². The van der Waals surface area contributed by atoms with Crippen LogP contribution in [-0.4, -0.2) is 23.1 Å². The minimum Gasteiger partial charge on any atom is -0.481 e. The van der Waals surface area contributed by atoms with Crippen LogP contribution < -0.4 is 0 Å². The minimum atomic E-state index is -0.745. The summed E-state index contributed by atoms with van der Waals surface area (Å²) < 4.78 is 5.10. The van der Waals surface area contributed by atoms with Gasteiger partial charge in [-0.25, -0.2) is 0 Å². The Bertz CT molecular complexity index is 287. The average Bonchev–Trinajstić information content (AvgIpc) is 2.52. The SMILES string of the molecule is CCC(=O)O.CCCCCCCCCCCCCC(=O)OC(C)C. The van der Waals surface area contributed by atoms with E-state index in [9.17, 15) is 9.59 Å². The standard InChI is InChI=1S/C17H34O2.C3H6O2/c1-4-5-6-7-8-9-10-11-12-13-14-15-17(18)19-16(2)3;1-2-3(4)5/h16H,4-15H2,1-3H3;2H2,1H3,(H,4,5). The van der Waals surface area contributed by atoms with E-state index in [1.165, 1.54) is 64.2 Å². The number of aliphatic carboxylic acids is 1. The molecule has 0 bridgehead atoms.